The highest BCUT2D eigenvalue weighted by Gasteiger charge is 2.47. The van der Waals surface area contributed by atoms with Gasteiger partial charge in [0.2, 0.25) is 10.0 Å². The zero-order valence-electron chi connectivity index (χ0n) is 17.9. The van der Waals surface area contributed by atoms with E-state index in [9.17, 15) is 8.42 Å². The van der Waals surface area contributed by atoms with Crippen LogP contribution in [0.25, 0.3) is 16.8 Å². The Balaban J connectivity index is 1.63. The largest absolute Gasteiger partial charge is 0.376 e. The summed E-state index contributed by atoms with van der Waals surface area (Å²) in [4.78, 5) is 6.35. The molecule has 2 aliphatic heterocycles. The van der Waals surface area contributed by atoms with Gasteiger partial charge in [-0.25, -0.2) is 18.5 Å². The molecule has 2 aliphatic rings. The zero-order valence-corrected chi connectivity index (χ0v) is 20.2. The molecule has 2 fully saturated rings. The first-order valence-electron chi connectivity index (χ1n) is 10.6. The second kappa shape index (κ2) is 8.07. The number of fused-ring (bicyclic) bond motifs is 1. The van der Waals surface area contributed by atoms with Gasteiger partial charge in [0.05, 0.1) is 27.7 Å². The lowest BCUT2D eigenvalue weighted by Gasteiger charge is -2.42. The van der Waals surface area contributed by atoms with E-state index in [-0.39, 0.29) is 33.0 Å². The third kappa shape index (κ3) is 3.69. The molecule has 5 rings (SSSR count). The van der Waals surface area contributed by atoms with Crippen molar-refractivity contribution in [1.29, 1.82) is 0 Å². The monoisotopic (exact) mass is 510 g/mol. The lowest BCUT2D eigenvalue weighted by Crippen LogP contribution is -2.51. The second-order valence-electron chi connectivity index (χ2n) is 8.77. The van der Waals surface area contributed by atoms with Crippen LogP contribution >= 0.6 is 23.2 Å². The smallest absolute Gasteiger partial charge is 0.238 e. The Labute approximate surface area is 201 Å². The average molecular weight is 511 g/mol. The molecule has 4 N–H and O–H groups in total. The van der Waals surface area contributed by atoms with Crippen LogP contribution in [0.15, 0.2) is 35.5 Å². The van der Waals surface area contributed by atoms with E-state index in [1.54, 1.807) is 22.7 Å². The number of pyridine rings is 1. The van der Waals surface area contributed by atoms with Gasteiger partial charge in [-0.1, -0.05) is 35.3 Å². The fourth-order valence-corrected chi connectivity index (χ4v) is 6.14. The number of ether oxygens (including phenoxy) is 1. The molecule has 33 heavy (non-hydrogen) atoms. The Hall–Kier alpha value is -1.95. The molecule has 1 aromatic carbocycles. The van der Waals surface area contributed by atoms with Crippen LogP contribution in [0.3, 0.4) is 0 Å². The molecule has 9 nitrogen and oxygen atoms in total. The highest BCUT2D eigenvalue weighted by molar-refractivity contribution is 7.89. The van der Waals surface area contributed by atoms with Gasteiger partial charge in [-0.2, -0.15) is 9.61 Å². The van der Waals surface area contributed by atoms with Gasteiger partial charge < -0.3 is 15.4 Å². The van der Waals surface area contributed by atoms with Crippen molar-refractivity contribution in [3.8, 4) is 11.1 Å². The number of anilines is 1. The minimum absolute atomic E-state index is 0.0225. The van der Waals surface area contributed by atoms with E-state index in [0.717, 1.165) is 12.8 Å². The van der Waals surface area contributed by atoms with E-state index in [1.165, 1.54) is 12.4 Å². The van der Waals surface area contributed by atoms with Gasteiger partial charge in [-0.15, -0.1) is 0 Å². The quantitative estimate of drug-likeness (QED) is 0.553. The van der Waals surface area contributed by atoms with Crippen molar-refractivity contribution in [3.63, 3.8) is 0 Å². The molecule has 2 saturated heterocycles. The van der Waals surface area contributed by atoms with Crippen molar-refractivity contribution in [3.05, 3.63) is 40.6 Å². The van der Waals surface area contributed by atoms with Crippen LogP contribution in [0.5, 0.6) is 0 Å². The summed E-state index contributed by atoms with van der Waals surface area (Å²) in [6.45, 7) is 3.97. The van der Waals surface area contributed by atoms with Gasteiger partial charge in [0.25, 0.3) is 0 Å². The second-order valence-corrected chi connectivity index (χ2v) is 11.1. The van der Waals surface area contributed by atoms with E-state index in [2.05, 4.69) is 15.0 Å². The summed E-state index contributed by atoms with van der Waals surface area (Å²) >= 11 is 12.6. The van der Waals surface area contributed by atoms with Crippen molar-refractivity contribution < 1.29 is 13.2 Å². The number of rotatable bonds is 3. The Morgan fingerprint density at radius 2 is 1.97 bits per heavy atom. The van der Waals surface area contributed by atoms with Crippen LogP contribution in [0.2, 0.25) is 10.0 Å². The average Bonchev–Trinajstić information content (AvgIpc) is 3.37. The minimum Gasteiger partial charge on any atom is -0.376 e. The maximum Gasteiger partial charge on any atom is 0.238 e. The van der Waals surface area contributed by atoms with Gasteiger partial charge in [-0.3, -0.25) is 0 Å². The predicted octanol–water partition coefficient (Wildman–Crippen LogP) is 2.68. The number of sulfonamides is 1. The first-order valence-corrected chi connectivity index (χ1v) is 12.9. The fraction of sp³-hybridized carbons (Fsp3) is 0.429. The third-order valence-corrected chi connectivity index (χ3v) is 8.71. The molecule has 3 aromatic rings. The van der Waals surface area contributed by atoms with E-state index >= 15 is 0 Å². The molecular weight excluding hydrogens is 487 g/mol. The molecule has 0 radical (unpaired) electrons. The number of primary sulfonamides is 1. The molecule has 0 amide bonds. The number of nitrogens with two attached hydrogens (primary N) is 2. The number of hydrogen-bond donors (Lipinski definition) is 2. The maximum atomic E-state index is 12.7. The minimum atomic E-state index is -4.13. The van der Waals surface area contributed by atoms with Crippen LogP contribution in [-0.2, 0) is 14.8 Å². The molecule has 2 aromatic heterocycles. The normalized spacial score (nSPS) is 23.0. The number of hydrogen-bond acceptors (Lipinski definition) is 7. The highest BCUT2D eigenvalue weighted by atomic mass is 35.5. The summed E-state index contributed by atoms with van der Waals surface area (Å²) in [7, 11) is -4.13. The van der Waals surface area contributed by atoms with Gasteiger partial charge >= 0.3 is 0 Å². The van der Waals surface area contributed by atoms with Crippen molar-refractivity contribution in [2.75, 3.05) is 24.6 Å². The third-order valence-electron chi connectivity index (χ3n) is 6.95. The number of aromatic nitrogens is 3. The molecule has 0 unspecified atom stereocenters. The lowest BCUT2D eigenvalue weighted by atomic mass is 9.73. The first-order chi connectivity index (χ1) is 15.6. The van der Waals surface area contributed by atoms with E-state index < -0.39 is 10.0 Å². The van der Waals surface area contributed by atoms with Gasteiger partial charge in [0.15, 0.2) is 5.65 Å². The molecule has 0 saturated carbocycles. The topological polar surface area (TPSA) is 129 Å². The molecule has 12 heteroatoms. The Kier molecular flexibility index (Phi) is 5.58. The Bertz CT molecular complexity index is 1340. The van der Waals surface area contributed by atoms with E-state index in [0.29, 0.717) is 41.7 Å². The van der Waals surface area contributed by atoms with E-state index in [1.807, 2.05) is 6.92 Å². The summed E-state index contributed by atoms with van der Waals surface area (Å²) in [6, 6.07) is 6.50. The van der Waals surface area contributed by atoms with Crippen LogP contribution in [0, 0.1) is 5.41 Å². The molecule has 2 atom stereocenters. The fourth-order valence-electron chi connectivity index (χ4n) is 4.99. The molecule has 1 spiro atoms. The summed E-state index contributed by atoms with van der Waals surface area (Å²) < 4.78 is 32.8. The molecule has 176 valence electrons. The molecule has 0 aliphatic carbocycles. The Morgan fingerprint density at radius 1 is 1.24 bits per heavy atom. The molecular formula is C21H24Cl2N6O3S. The van der Waals surface area contributed by atoms with Crippen LogP contribution in [0.1, 0.15) is 19.8 Å². The van der Waals surface area contributed by atoms with Crippen molar-refractivity contribution in [2.45, 2.75) is 36.8 Å². The number of halogens is 2. The first kappa shape index (κ1) is 22.8. The van der Waals surface area contributed by atoms with Crippen molar-refractivity contribution >= 4 is 44.7 Å². The lowest BCUT2D eigenvalue weighted by molar-refractivity contribution is 0.0974. The number of benzene rings is 1. The standard InChI is InChI=1S/C21H24Cl2N6O3S/c1-12-19(24)21(10-32-12)5-7-28(8-6-21)16-9-15(33(25,30)31)17(20-26-11-27-29(16)20)13-3-2-4-14(22)18(13)23/h2-4,9,11-12,19H,5-8,10,24H2,1H3,(H2,25,30,31)/t12-,19+/m0/s1. The Morgan fingerprint density at radius 3 is 2.61 bits per heavy atom. The van der Waals surface area contributed by atoms with Crippen LogP contribution in [0.4, 0.5) is 5.82 Å². The number of nitrogens with zero attached hydrogens (tertiary/aromatic N) is 4. The van der Waals surface area contributed by atoms with Crippen LogP contribution in [-0.4, -0.2) is 54.9 Å². The van der Waals surface area contributed by atoms with Gasteiger partial charge in [0.1, 0.15) is 12.1 Å². The van der Waals surface area contributed by atoms with E-state index in [4.69, 9.17) is 38.8 Å². The maximum absolute atomic E-state index is 12.7. The predicted molar refractivity (Wildman–Crippen MR) is 127 cm³/mol. The SMILES string of the molecule is C[C@@H]1OCC2(CCN(c3cc(S(N)(=O)=O)c(-c4cccc(Cl)c4Cl)c4ncnn34)CC2)[C@@H]1N. The summed E-state index contributed by atoms with van der Waals surface area (Å²) in [6.07, 6.45) is 3.04. The van der Waals surface area contributed by atoms with Crippen molar-refractivity contribution in [2.24, 2.45) is 16.3 Å². The number of piperidine rings is 1. The zero-order chi connectivity index (χ0) is 23.5. The summed E-state index contributed by atoms with van der Waals surface area (Å²) in [5, 5.41) is 10.5. The van der Waals surface area contributed by atoms with Gasteiger partial charge in [0, 0.05) is 41.7 Å². The highest BCUT2D eigenvalue weighted by Crippen LogP contribution is 2.44. The summed E-state index contributed by atoms with van der Waals surface area (Å²) in [5.41, 5.74) is 7.38. The molecule has 0 bridgehead atoms. The summed E-state index contributed by atoms with van der Waals surface area (Å²) in [5.74, 6) is 0.587. The van der Waals surface area contributed by atoms with Crippen LogP contribution < -0.4 is 15.8 Å². The van der Waals surface area contributed by atoms with Crippen molar-refractivity contribution in [1.82, 2.24) is 14.6 Å². The molecule has 4 heterocycles. The van der Waals surface area contributed by atoms with Gasteiger partial charge in [-0.05, 0) is 25.8 Å².